The summed E-state index contributed by atoms with van der Waals surface area (Å²) >= 11 is 5.37. The van der Waals surface area contributed by atoms with Crippen LogP contribution in [0.4, 0.5) is 13.2 Å². The van der Waals surface area contributed by atoms with Crippen LogP contribution in [-0.4, -0.2) is 23.7 Å². The van der Waals surface area contributed by atoms with Gasteiger partial charge in [0.05, 0.1) is 12.1 Å². The van der Waals surface area contributed by atoms with E-state index in [1.54, 1.807) is 12.1 Å². The number of carbonyl (C=O) groups is 1. The van der Waals surface area contributed by atoms with Crippen LogP contribution in [0.2, 0.25) is 5.02 Å². The molecule has 0 spiro atoms. The Morgan fingerprint density at radius 2 is 1.74 bits per heavy atom. The van der Waals surface area contributed by atoms with E-state index in [0.29, 0.717) is 12.5 Å². The minimum atomic E-state index is -1.52. The van der Waals surface area contributed by atoms with Crippen molar-refractivity contribution in [2.75, 3.05) is 6.54 Å². The number of carbonyl (C=O) groups excluding carboxylic acids is 1. The van der Waals surface area contributed by atoms with Gasteiger partial charge in [-0.05, 0) is 53.1 Å². The van der Waals surface area contributed by atoms with Crippen LogP contribution < -0.4 is 40.0 Å². The summed E-state index contributed by atoms with van der Waals surface area (Å²) in [7, 11) is 0. The quantitative estimate of drug-likeness (QED) is 0.302. The maximum absolute atomic E-state index is 14.1. The zero-order valence-electron chi connectivity index (χ0n) is 18.4. The molecule has 0 bridgehead atoms. The predicted molar refractivity (Wildman–Crippen MR) is 116 cm³/mol. The Hall–Kier alpha value is -1.87. The zero-order valence-corrected chi connectivity index (χ0v) is 21.1. The Labute approximate surface area is 222 Å². The number of aryl methyl sites for hydroxylation is 1. The van der Waals surface area contributed by atoms with Crippen LogP contribution in [0.5, 0.6) is 0 Å². The van der Waals surface area contributed by atoms with Crippen LogP contribution in [0.15, 0.2) is 48.5 Å². The van der Waals surface area contributed by atoms with E-state index in [9.17, 15) is 28.2 Å². The number of rotatable bonds is 6. The maximum Gasteiger partial charge on any atom is 1.00 e. The molecule has 0 fully saturated rings. The molecule has 4 nitrogen and oxygen atoms in total. The fourth-order valence-electron chi connectivity index (χ4n) is 4.13. The molecule has 1 aliphatic rings. The normalized spacial score (nSPS) is 15.9. The number of benzene rings is 3. The monoisotopic (exact) mass is 497 g/mol. The molecule has 1 aliphatic carbocycles. The van der Waals surface area contributed by atoms with Gasteiger partial charge in [0.2, 0.25) is 0 Å². The topological polar surface area (TPSA) is 72.4 Å². The molecule has 0 unspecified atom stereocenters. The van der Waals surface area contributed by atoms with Crippen molar-refractivity contribution in [1.82, 2.24) is 5.32 Å². The predicted octanol–water partition coefficient (Wildman–Crippen LogP) is 0.972. The number of nitrogens with one attached hydrogen (secondary N) is 1. The van der Waals surface area contributed by atoms with E-state index < -0.39 is 40.1 Å². The van der Waals surface area contributed by atoms with Gasteiger partial charge < -0.3 is 20.3 Å². The molecule has 9 heteroatoms. The Morgan fingerprint density at radius 3 is 2.41 bits per heavy atom. The Bertz CT molecular complexity index is 1210. The molecule has 3 aromatic carbocycles. The second-order valence-corrected chi connectivity index (χ2v) is 8.48. The van der Waals surface area contributed by atoms with Gasteiger partial charge in [-0.1, -0.05) is 54.1 Å². The van der Waals surface area contributed by atoms with E-state index in [1.165, 1.54) is 17.7 Å². The maximum atomic E-state index is 14.1. The molecule has 2 N–H and O–H groups in total. The SMILES string of the molecule is O=C([O-])c1ccc(-c2ccc3c(c2)C[C@@H](NC[C@H](O)c2cc(F)c(Cl)c(F)c2F)CC3)cc1.[Na+]. The van der Waals surface area contributed by atoms with Crippen LogP contribution in [0, 0.1) is 17.5 Å². The van der Waals surface area contributed by atoms with Gasteiger partial charge in [0.25, 0.3) is 0 Å². The first-order valence-electron chi connectivity index (χ1n) is 10.4. The summed E-state index contributed by atoms with van der Waals surface area (Å²) in [5.41, 5.74) is 3.72. The molecule has 0 heterocycles. The smallest absolute Gasteiger partial charge is 0.545 e. The van der Waals surface area contributed by atoms with E-state index in [1.807, 2.05) is 18.2 Å². The number of aliphatic hydroxyl groups excluding tert-OH is 1. The van der Waals surface area contributed by atoms with Gasteiger partial charge in [-0.2, -0.15) is 0 Å². The summed E-state index contributed by atoms with van der Waals surface area (Å²) < 4.78 is 41.5. The van der Waals surface area contributed by atoms with Crippen molar-refractivity contribution in [2.45, 2.75) is 31.4 Å². The zero-order chi connectivity index (χ0) is 23.7. The fraction of sp³-hybridized carbons (Fsp3) is 0.240. The number of aliphatic hydroxyl groups is 1. The molecule has 34 heavy (non-hydrogen) atoms. The molecule has 0 aromatic heterocycles. The average Bonchev–Trinajstić information content (AvgIpc) is 2.83. The number of hydrogen-bond acceptors (Lipinski definition) is 4. The second-order valence-electron chi connectivity index (χ2n) is 8.10. The van der Waals surface area contributed by atoms with Gasteiger partial charge in [-0.25, -0.2) is 13.2 Å². The molecular weight excluding hydrogens is 478 g/mol. The Kier molecular flexibility index (Phi) is 8.84. The third-order valence-electron chi connectivity index (χ3n) is 5.98. The number of carboxylic acids is 1. The van der Waals surface area contributed by atoms with Crippen molar-refractivity contribution < 1.29 is 57.7 Å². The Balaban J connectivity index is 0.00000324. The van der Waals surface area contributed by atoms with Gasteiger partial charge in [-0.3, -0.25) is 0 Å². The van der Waals surface area contributed by atoms with Gasteiger partial charge in [0, 0.05) is 18.2 Å². The van der Waals surface area contributed by atoms with Crippen LogP contribution in [0.25, 0.3) is 11.1 Å². The standard InChI is InChI=1S/C25H21ClF3NO3.Na/c26-22-20(27)11-19(23(28)24(22)29)21(31)12-30-18-8-7-14-3-6-16(9-17(14)10-18)13-1-4-15(5-2-13)25(32)33;/h1-6,9,11,18,21,30-31H,7-8,10,12H2,(H,32,33);/q;+1/p-1/t18-,21-;/m0./s1. The second kappa shape index (κ2) is 11.2. The number of aromatic carboxylic acids is 1. The number of carboxylic acid groups (broad SMARTS) is 1. The number of hydrogen-bond donors (Lipinski definition) is 2. The van der Waals surface area contributed by atoms with Crippen LogP contribution in [-0.2, 0) is 12.8 Å². The third-order valence-corrected chi connectivity index (χ3v) is 6.32. The first kappa shape index (κ1) is 26.7. The van der Waals surface area contributed by atoms with Crippen molar-refractivity contribution in [1.29, 1.82) is 0 Å². The molecule has 0 saturated carbocycles. The summed E-state index contributed by atoms with van der Waals surface area (Å²) in [6.45, 7) is -0.0815. The minimum Gasteiger partial charge on any atom is -0.545 e. The first-order chi connectivity index (χ1) is 15.7. The molecule has 4 rings (SSSR count). The summed E-state index contributed by atoms with van der Waals surface area (Å²) in [5, 5.41) is 23.5. The van der Waals surface area contributed by atoms with Crippen LogP contribution >= 0.6 is 11.6 Å². The van der Waals surface area contributed by atoms with Crippen molar-refractivity contribution in [3.05, 3.63) is 93.3 Å². The van der Waals surface area contributed by atoms with Gasteiger partial charge >= 0.3 is 29.6 Å². The molecule has 0 aliphatic heterocycles. The molecule has 0 saturated heterocycles. The third kappa shape index (κ3) is 5.67. The average molecular weight is 498 g/mol. The van der Waals surface area contributed by atoms with E-state index in [0.717, 1.165) is 29.5 Å². The summed E-state index contributed by atoms with van der Waals surface area (Å²) in [5.74, 6) is -5.24. The van der Waals surface area contributed by atoms with Gasteiger partial charge in [0.15, 0.2) is 11.6 Å². The van der Waals surface area contributed by atoms with Crippen molar-refractivity contribution in [2.24, 2.45) is 0 Å². The summed E-state index contributed by atoms with van der Waals surface area (Å²) in [6, 6.07) is 13.2. The van der Waals surface area contributed by atoms with Crippen molar-refractivity contribution in [3.63, 3.8) is 0 Å². The molecule has 3 aromatic rings. The molecule has 172 valence electrons. The van der Waals surface area contributed by atoms with Crippen LogP contribution in [0.3, 0.4) is 0 Å². The largest absolute Gasteiger partial charge is 1.00 e. The number of halogens is 4. The van der Waals surface area contributed by atoms with Crippen molar-refractivity contribution in [3.8, 4) is 11.1 Å². The summed E-state index contributed by atoms with van der Waals surface area (Å²) in [6.07, 6.45) is 0.788. The van der Waals surface area contributed by atoms with Crippen molar-refractivity contribution >= 4 is 17.6 Å². The summed E-state index contributed by atoms with van der Waals surface area (Å²) in [4.78, 5) is 10.9. The molecular formula is C25H20ClF3NNaO3. The van der Waals surface area contributed by atoms with Gasteiger partial charge in [0.1, 0.15) is 10.8 Å². The van der Waals surface area contributed by atoms with E-state index >= 15 is 0 Å². The first-order valence-corrected chi connectivity index (χ1v) is 10.8. The minimum absolute atomic E-state index is 0. The molecule has 2 atom stereocenters. The van der Waals surface area contributed by atoms with Crippen LogP contribution in [0.1, 0.15) is 39.6 Å². The van der Waals surface area contributed by atoms with Gasteiger partial charge in [-0.15, -0.1) is 0 Å². The number of fused-ring (bicyclic) bond motifs is 1. The van der Waals surface area contributed by atoms with E-state index in [-0.39, 0.29) is 47.7 Å². The molecule has 0 amide bonds. The van der Waals surface area contributed by atoms with E-state index in [4.69, 9.17) is 11.6 Å². The fourth-order valence-corrected chi connectivity index (χ4v) is 4.27. The Morgan fingerprint density at radius 1 is 1.06 bits per heavy atom. The van der Waals surface area contributed by atoms with E-state index in [2.05, 4.69) is 5.32 Å². The molecule has 0 radical (unpaired) electrons.